The maximum atomic E-state index is 15.6. The Morgan fingerprint density at radius 3 is 2.48 bits per heavy atom. The number of hydrogen-bond donors (Lipinski definition) is 3. The number of nitrogens with zero attached hydrogens (tertiary/aromatic N) is 2. The lowest BCUT2D eigenvalue weighted by Gasteiger charge is -2.37. The average molecular weight is 664 g/mol. The third kappa shape index (κ3) is 9.14. The van der Waals surface area contributed by atoms with Crippen molar-refractivity contribution < 1.29 is 27.8 Å². The first-order valence-electron chi connectivity index (χ1n) is 17.0. The molecule has 2 amide bonds. The topological polar surface area (TPSA) is 119 Å². The van der Waals surface area contributed by atoms with Crippen LogP contribution in [0.25, 0.3) is 0 Å². The number of amides is 2. The first-order chi connectivity index (χ1) is 23.0. The minimum absolute atomic E-state index is 0.0331. The van der Waals surface area contributed by atoms with E-state index in [4.69, 9.17) is 20.3 Å². The molecule has 258 valence electrons. The maximum Gasteiger partial charge on any atom is 0.254 e. The standard InChI is InChI=1S/C37H47F2N5O4/c1-23(2)32(40)8-9-33(41)26-4-6-28(7-5-26)48-35-18-29(30(38)17-27(35)21-44-19-24(3)16-36(44)45)37(46)42-34-10-13-43(22-31(34)39)20-25-11-14-47-15-12-25/h4-9,17-18,23-25,31,34,40-41H,10-16,19-22H2,1-3H3,(H,42,46)/b9-8-,40-32?,41-33?/t24-,31-,34+/m0/s1. The summed E-state index contributed by atoms with van der Waals surface area (Å²) in [5.74, 6) is -0.208. The first-order valence-corrected chi connectivity index (χ1v) is 17.0. The van der Waals surface area contributed by atoms with E-state index in [-0.39, 0.29) is 47.9 Å². The normalized spacial score (nSPS) is 22.4. The van der Waals surface area contributed by atoms with Crippen molar-refractivity contribution in [1.82, 2.24) is 15.1 Å². The number of hydrogen-bond acceptors (Lipinski definition) is 7. The summed E-state index contributed by atoms with van der Waals surface area (Å²) in [6, 6.07) is 8.57. The fraction of sp³-hybridized carbons (Fsp3) is 0.514. The second-order valence-electron chi connectivity index (χ2n) is 13.7. The molecule has 0 aromatic heterocycles. The van der Waals surface area contributed by atoms with Crippen molar-refractivity contribution >= 4 is 23.2 Å². The van der Waals surface area contributed by atoms with Gasteiger partial charge >= 0.3 is 0 Å². The maximum absolute atomic E-state index is 15.6. The van der Waals surface area contributed by atoms with E-state index in [0.717, 1.165) is 32.6 Å². The molecule has 3 heterocycles. The smallest absolute Gasteiger partial charge is 0.254 e. The minimum Gasteiger partial charge on any atom is -0.457 e. The van der Waals surface area contributed by atoms with Crippen molar-refractivity contribution in [3.8, 4) is 11.5 Å². The number of alkyl halides is 1. The number of piperidine rings is 1. The van der Waals surface area contributed by atoms with Crippen LogP contribution in [0.5, 0.6) is 11.5 Å². The molecular weight excluding hydrogens is 616 g/mol. The highest BCUT2D eigenvalue weighted by molar-refractivity contribution is 6.10. The van der Waals surface area contributed by atoms with Crippen molar-refractivity contribution in [2.45, 2.75) is 65.2 Å². The molecule has 48 heavy (non-hydrogen) atoms. The van der Waals surface area contributed by atoms with Crippen LogP contribution in [0.1, 0.15) is 67.9 Å². The van der Waals surface area contributed by atoms with E-state index >= 15 is 8.78 Å². The Kier molecular flexibility index (Phi) is 11.8. The molecule has 0 unspecified atom stereocenters. The van der Waals surface area contributed by atoms with Crippen molar-refractivity contribution in [3.63, 3.8) is 0 Å². The monoisotopic (exact) mass is 663 g/mol. The number of benzene rings is 2. The summed E-state index contributed by atoms with van der Waals surface area (Å²) >= 11 is 0. The van der Waals surface area contributed by atoms with Gasteiger partial charge in [0.25, 0.3) is 5.91 Å². The Balaban J connectivity index is 1.31. The Morgan fingerprint density at radius 2 is 1.83 bits per heavy atom. The van der Waals surface area contributed by atoms with Crippen LogP contribution in [0, 0.1) is 34.4 Å². The third-order valence-electron chi connectivity index (χ3n) is 9.41. The van der Waals surface area contributed by atoms with Crippen LogP contribution >= 0.6 is 0 Å². The number of ether oxygens (including phenoxy) is 2. The highest BCUT2D eigenvalue weighted by atomic mass is 19.1. The zero-order chi connectivity index (χ0) is 34.4. The van der Waals surface area contributed by atoms with Crippen molar-refractivity contribution in [1.29, 1.82) is 10.8 Å². The highest BCUT2D eigenvalue weighted by Gasteiger charge is 2.33. The number of rotatable bonds is 12. The first kappa shape index (κ1) is 35.3. The number of allylic oxidation sites excluding steroid dienone is 2. The molecule has 2 aromatic rings. The minimum atomic E-state index is -1.29. The van der Waals surface area contributed by atoms with Crippen LogP contribution in [-0.2, 0) is 16.1 Å². The zero-order valence-electron chi connectivity index (χ0n) is 28.1. The van der Waals surface area contributed by atoms with Gasteiger partial charge in [0.05, 0.1) is 17.3 Å². The quantitative estimate of drug-likeness (QED) is 0.235. The second kappa shape index (κ2) is 16.0. The van der Waals surface area contributed by atoms with E-state index in [1.807, 2.05) is 20.8 Å². The Morgan fingerprint density at radius 1 is 1.10 bits per heavy atom. The van der Waals surface area contributed by atoms with Gasteiger partial charge < -0.3 is 35.4 Å². The molecule has 3 fully saturated rings. The lowest BCUT2D eigenvalue weighted by Crippen LogP contribution is -2.53. The molecule has 3 N–H and O–H groups in total. The molecule has 0 radical (unpaired) electrons. The molecule has 11 heteroatoms. The van der Waals surface area contributed by atoms with Crippen molar-refractivity contribution in [3.05, 3.63) is 71.1 Å². The molecule has 3 aliphatic heterocycles. The van der Waals surface area contributed by atoms with Gasteiger partial charge in [-0.1, -0.05) is 20.8 Å². The van der Waals surface area contributed by atoms with Gasteiger partial charge in [0.1, 0.15) is 23.5 Å². The molecule has 0 aliphatic carbocycles. The Hall–Kier alpha value is -3.96. The molecule has 2 aromatic carbocycles. The number of nitrogens with one attached hydrogen (secondary N) is 3. The van der Waals surface area contributed by atoms with Crippen molar-refractivity contribution in [2.24, 2.45) is 17.8 Å². The van der Waals surface area contributed by atoms with E-state index in [1.54, 1.807) is 41.3 Å². The molecule has 0 bridgehead atoms. The number of likely N-dealkylation sites (tertiary alicyclic amines) is 2. The van der Waals surface area contributed by atoms with Crippen LogP contribution in [0.15, 0.2) is 48.6 Å². The SMILES string of the molecule is CC(C)C(=N)/C=C\C(=N)c1ccc(Oc2cc(C(=O)N[C@@H]3CCN(CC4CCOCC4)C[C@@H]3F)c(F)cc2CN2C[C@@H](C)CC2=O)cc1. The van der Waals surface area contributed by atoms with Crippen LogP contribution in [0.4, 0.5) is 8.78 Å². The van der Waals surface area contributed by atoms with Crippen molar-refractivity contribution in [2.75, 3.05) is 39.4 Å². The fourth-order valence-electron chi connectivity index (χ4n) is 6.44. The molecule has 0 spiro atoms. The van der Waals surface area contributed by atoms with E-state index in [2.05, 4.69) is 10.2 Å². The van der Waals surface area contributed by atoms with Gasteiger partial charge in [0.2, 0.25) is 5.91 Å². The van der Waals surface area contributed by atoms with Gasteiger partial charge in [-0.15, -0.1) is 0 Å². The largest absolute Gasteiger partial charge is 0.457 e. The number of carbonyl (C=O) groups excluding carboxylic acids is 2. The molecule has 3 atom stereocenters. The number of carbonyl (C=O) groups is 2. The summed E-state index contributed by atoms with van der Waals surface area (Å²) < 4.78 is 42.5. The molecule has 0 saturated carbocycles. The summed E-state index contributed by atoms with van der Waals surface area (Å²) in [7, 11) is 0. The average Bonchev–Trinajstić information content (AvgIpc) is 3.38. The van der Waals surface area contributed by atoms with E-state index in [1.165, 1.54) is 12.1 Å². The van der Waals surface area contributed by atoms with Gasteiger partial charge in [-0.2, -0.15) is 0 Å². The summed E-state index contributed by atoms with van der Waals surface area (Å²) in [5, 5.41) is 19.1. The predicted octanol–water partition coefficient (Wildman–Crippen LogP) is 6.16. The van der Waals surface area contributed by atoms with Crippen LogP contribution in [-0.4, -0.2) is 84.6 Å². The Labute approximate surface area is 281 Å². The van der Waals surface area contributed by atoms with Crippen LogP contribution in [0.2, 0.25) is 0 Å². The van der Waals surface area contributed by atoms with Crippen LogP contribution in [0.3, 0.4) is 0 Å². The highest BCUT2D eigenvalue weighted by Crippen LogP contribution is 2.32. The van der Waals surface area contributed by atoms with E-state index in [0.29, 0.717) is 54.4 Å². The third-order valence-corrected chi connectivity index (χ3v) is 9.41. The molecule has 3 saturated heterocycles. The number of halogens is 2. The fourth-order valence-corrected chi connectivity index (χ4v) is 6.44. The van der Waals surface area contributed by atoms with Gasteiger partial charge in [-0.3, -0.25) is 9.59 Å². The second-order valence-corrected chi connectivity index (χ2v) is 13.7. The summed E-state index contributed by atoms with van der Waals surface area (Å²) in [6.07, 6.45) is 4.67. The van der Waals surface area contributed by atoms with E-state index < -0.39 is 23.9 Å². The van der Waals surface area contributed by atoms with Gasteiger partial charge in [0.15, 0.2) is 0 Å². The molecule has 3 aliphatic rings. The van der Waals surface area contributed by atoms with Gasteiger partial charge in [0, 0.05) is 63.6 Å². The molecule has 5 rings (SSSR count). The zero-order valence-corrected chi connectivity index (χ0v) is 28.1. The summed E-state index contributed by atoms with van der Waals surface area (Å²) in [6.45, 7) is 9.59. The summed E-state index contributed by atoms with van der Waals surface area (Å²) in [4.78, 5) is 29.7. The van der Waals surface area contributed by atoms with E-state index in [9.17, 15) is 9.59 Å². The van der Waals surface area contributed by atoms with Gasteiger partial charge in [-0.05, 0) is 91.1 Å². The predicted molar refractivity (Wildman–Crippen MR) is 181 cm³/mol. The lowest BCUT2D eigenvalue weighted by molar-refractivity contribution is -0.128. The summed E-state index contributed by atoms with van der Waals surface area (Å²) in [5.41, 5.74) is 1.42. The van der Waals surface area contributed by atoms with Crippen LogP contribution < -0.4 is 10.1 Å². The molecular formula is C37H47F2N5O4. The molecule has 9 nitrogen and oxygen atoms in total. The van der Waals surface area contributed by atoms with Gasteiger partial charge in [-0.25, -0.2) is 8.78 Å². The lowest BCUT2D eigenvalue weighted by atomic mass is 9.96. The Bertz CT molecular complexity index is 1520.